The minimum absolute atomic E-state index is 0.0234. The van der Waals surface area contributed by atoms with Crippen LogP contribution in [0.2, 0.25) is 0 Å². The maximum absolute atomic E-state index is 13.0. The van der Waals surface area contributed by atoms with Crippen molar-refractivity contribution in [3.05, 3.63) is 107 Å². The molecule has 2 aliphatic heterocycles. The van der Waals surface area contributed by atoms with E-state index in [-0.39, 0.29) is 66.9 Å². The van der Waals surface area contributed by atoms with Crippen LogP contribution in [0.25, 0.3) is 21.5 Å². The average molecular weight is 1140 g/mol. The van der Waals surface area contributed by atoms with Crippen molar-refractivity contribution in [2.45, 2.75) is 83.8 Å². The highest BCUT2D eigenvalue weighted by Crippen LogP contribution is 2.54. The van der Waals surface area contributed by atoms with Crippen LogP contribution in [0.3, 0.4) is 0 Å². The van der Waals surface area contributed by atoms with Crippen LogP contribution in [0.1, 0.15) is 64.5 Å². The third-order valence-electron chi connectivity index (χ3n) is 13.2. The molecule has 0 fully saturated rings. The van der Waals surface area contributed by atoms with Gasteiger partial charge in [-0.1, -0.05) is 23.8 Å². The van der Waals surface area contributed by atoms with E-state index in [1.54, 1.807) is 67.5 Å². The van der Waals surface area contributed by atoms with Gasteiger partial charge in [0.25, 0.3) is 50.6 Å². The lowest BCUT2D eigenvalue weighted by Gasteiger charge is -2.31. The molecule has 0 bridgehead atoms. The summed E-state index contributed by atoms with van der Waals surface area (Å²) in [5.41, 5.74) is 0.499. The zero-order valence-electron chi connectivity index (χ0n) is 40.6. The van der Waals surface area contributed by atoms with Crippen molar-refractivity contribution >= 4 is 95.2 Å². The van der Waals surface area contributed by atoms with Gasteiger partial charge in [0.05, 0.1) is 34.0 Å². The largest absolute Gasteiger partial charge is 0.492 e. The van der Waals surface area contributed by atoms with Gasteiger partial charge in [-0.15, -0.1) is 4.73 Å². The molecule has 0 amide bonds. The fourth-order valence-corrected chi connectivity index (χ4v) is 13.1. The molecule has 28 heteroatoms. The second-order valence-electron chi connectivity index (χ2n) is 18.6. The lowest BCUT2D eigenvalue weighted by atomic mass is 9.75. The van der Waals surface area contributed by atoms with Crippen molar-refractivity contribution in [1.29, 1.82) is 0 Å². The first kappa shape index (κ1) is 56.7. The number of ether oxygens (including phenoxy) is 1. The zero-order valence-corrected chi connectivity index (χ0v) is 44.6. The fraction of sp³-hybridized carbons (Fsp3) is 0.319. The predicted molar refractivity (Wildman–Crippen MR) is 272 cm³/mol. The number of fused-ring (bicyclic) bond motifs is 6. The van der Waals surface area contributed by atoms with Gasteiger partial charge in [-0.3, -0.25) is 22.8 Å². The standard InChI is InChI=1S/C47H51N3O20S5/c1-28(10-16-40-47(4,19-7-23-71(54,55)56)45-34-25-30(73(60,61)62)27-38(75(66,67)68)32(34)12-14-36(45)49(40)21-22-69-5)9-15-39-46(2,3)44-33-24-29(72(57,58)59)26-37(74(63,64)65)31(33)11-13-35(44)48(39)20-6-8-43(53)70-50-41(51)17-18-42(50)52/h9-18,24-27H,6-8,19-23H2,1-5H3,(H6-,51,52,54,55,56,57,58,59,60,61,62,63,64,65,66,67,68)/p+1. The van der Waals surface area contributed by atoms with Gasteiger partial charge in [-0.25, -0.2) is 4.79 Å². The summed E-state index contributed by atoms with van der Waals surface area (Å²) in [6.07, 6.45) is 6.34. The SMILES string of the molecule is COCCN1C(=CC=C(C)C=CC2=[N+](CCCC(=O)On3c(O)ccc3O)c3ccc4c(S(=O)(=O)O)cc(S(=O)(=O)O)cc4c3C2(C)C)C(C)(CCCS(=O)(=O)O)c2c1ccc1c(S(=O)(=O)O)cc(S(=O)(=O)O)cc21. The molecule has 4 aromatic carbocycles. The Morgan fingerprint density at radius 2 is 1.25 bits per heavy atom. The zero-order chi connectivity index (χ0) is 55.6. The van der Waals surface area contributed by atoms with Crippen LogP contribution in [0.4, 0.5) is 11.4 Å². The maximum atomic E-state index is 13.0. The van der Waals surface area contributed by atoms with E-state index >= 15 is 0 Å². The van der Waals surface area contributed by atoms with Crippen LogP contribution in [0, 0.1) is 0 Å². The first-order valence-electron chi connectivity index (χ1n) is 22.5. The first-order valence-corrected chi connectivity index (χ1v) is 29.8. The Hall–Kier alpha value is -6.05. The highest BCUT2D eigenvalue weighted by atomic mass is 32.2. The summed E-state index contributed by atoms with van der Waals surface area (Å²) < 4.78 is 183. The number of nitrogens with zero attached hydrogens (tertiary/aromatic N) is 3. The summed E-state index contributed by atoms with van der Waals surface area (Å²) in [5.74, 6) is -2.64. The van der Waals surface area contributed by atoms with E-state index in [2.05, 4.69) is 0 Å². The third kappa shape index (κ3) is 11.4. The van der Waals surface area contributed by atoms with Gasteiger partial charge in [-0.05, 0) is 99.3 Å². The van der Waals surface area contributed by atoms with Crippen molar-refractivity contribution in [3.63, 3.8) is 0 Å². The molecule has 2 aliphatic rings. The molecule has 75 heavy (non-hydrogen) atoms. The summed E-state index contributed by atoms with van der Waals surface area (Å²) in [5, 5.41) is 19.8. The first-order chi connectivity index (χ1) is 34.6. The van der Waals surface area contributed by atoms with Crippen molar-refractivity contribution in [2.24, 2.45) is 0 Å². The number of benzene rings is 4. The number of methoxy groups -OCH3 is 1. The summed E-state index contributed by atoms with van der Waals surface area (Å²) >= 11 is 0. The van der Waals surface area contributed by atoms with Crippen molar-refractivity contribution < 1.29 is 94.0 Å². The van der Waals surface area contributed by atoms with Crippen molar-refractivity contribution in [1.82, 2.24) is 4.73 Å². The van der Waals surface area contributed by atoms with Gasteiger partial charge in [0.2, 0.25) is 17.4 Å². The predicted octanol–water partition coefficient (Wildman–Crippen LogP) is 5.48. The van der Waals surface area contributed by atoms with E-state index in [0.29, 0.717) is 56.3 Å². The third-order valence-corrected chi connectivity index (χ3v) is 17.4. The molecule has 0 radical (unpaired) electrons. The molecule has 3 heterocycles. The maximum Gasteiger partial charge on any atom is 0.333 e. The van der Waals surface area contributed by atoms with Crippen molar-refractivity contribution in [2.75, 3.05) is 37.5 Å². The van der Waals surface area contributed by atoms with Gasteiger partial charge in [0.15, 0.2) is 5.71 Å². The quantitative estimate of drug-likeness (QED) is 0.0305. The van der Waals surface area contributed by atoms with Gasteiger partial charge in [0, 0.05) is 77.5 Å². The van der Waals surface area contributed by atoms with E-state index in [9.17, 15) is 79.9 Å². The lowest BCUT2D eigenvalue weighted by Crippen LogP contribution is -2.31. The Morgan fingerprint density at radius 3 is 1.77 bits per heavy atom. The van der Waals surface area contributed by atoms with Crippen LogP contribution in [0.5, 0.6) is 11.8 Å². The molecule has 1 aromatic heterocycles. The van der Waals surface area contributed by atoms with Gasteiger partial charge in [-0.2, -0.15) is 46.7 Å². The second kappa shape index (κ2) is 20.1. The number of hydrogen-bond donors (Lipinski definition) is 7. The topological polar surface area (TPSA) is 359 Å². The molecule has 23 nitrogen and oxygen atoms in total. The molecule has 1 atom stereocenters. The van der Waals surface area contributed by atoms with E-state index in [1.165, 1.54) is 25.3 Å². The van der Waals surface area contributed by atoms with Crippen LogP contribution in [-0.2, 0) is 71.0 Å². The van der Waals surface area contributed by atoms with E-state index < -0.39 is 104 Å². The van der Waals surface area contributed by atoms with E-state index in [1.807, 2.05) is 0 Å². The Kier molecular flexibility index (Phi) is 15.2. The molecule has 0 spiro atoms. The van der Waals surface area contributed by atoms with Crippen molar-refractivity contribution in [3.8, 4) is 11.8 Å². The van der Waals surface area contributed by atoms with Gasteiger partial charge >= 0.3 is 5.97 Å². The number of aromatic hydroxyl groups is 2. The molecule has 7 N–H and O–H groups in total. The highest BCUT2D eigenvalue weighted by molar-refractivity contribution is 7.87. The molecule has 0 aliphatic carbocycles. The molecule has 7 rings (SSSR count). The molecule has 1 unspecified atom stereocenters. The second-order valence-corrected chi connectivity index (χ2v) is 25.8. The number of rotatable bonds is 19. The van der Waals surface area contributed by atoms with Crippen LogP contribution in [0.15, 0.2) is 116 Å². The van der Waals surface area contributed by atoms with Crippen LogP contribution in [-0.4, -0.2) is 129 Å². The summed E-state index contributed by atoms with van der Waals surface area (Å²) in [7, 11) is -23.4. The molecule has 0 saturated carbocycles. The van der Waals surface area contributed by atoms with Gasteiger partial charge in [0.1, 0.15) is 16.3 Å². The van der Waals surface area contributed by atoms with Gasteiger partial charge < -0.3 is 24.7 Å². The Bertz CT molecular complexity index is 3910. The normalized spacial score (nSPS) is 18.0. The Morgan fingerprint density at radius 1 is 0.707 bits per heavy atom. The summed E-state index contributed by atoms with van der Waals surface area (Å²) in [6, 6.07) is 11.3. The lowest BCUT2D eigenvalue weighted by molar-refractivity contribution is -0.438. The Balaban J connectivity index is 1.39. The summed E-state index contributed by atoms with van der Waals surface area (Å²) in [6.45, 7) is 7.19. The van der Waals surface area contributed by atoms with Crippen LogP contribution < -0.4 is 9.74 Å². The monoisotopic (exact) mass is 1140 g/mol. The highest BCUT2D eigenvalue weighted by Gasteiger charge is 2.47. The molecule has 0 saturated heterocycles. The summed E-state index contributed by atoms with van der Waals surface area (Å²) in [4.78, 5) is 16.6. The molecule has 404 valence electrons. The van der Waals surface area contributed by atoms with E-state index in [4.69, 9.17) is 9.57 Å². The average Bonchev–Trinajstić information content (AvgIpc) is 3.82. The molecular weight excluding hydrogens is 1090 g/mol. The number of carbonyl (C=O) groups is 1. The minimum atomic E-state index is -5.12. The number of allylic oxidation sites excluding steroid dienone is 6. The molecule has 5 aromatic rings. The molecular formula is C47H52N3O20S5+. The number of hydrogen-bond acceptors (Lipinski definition) is 16. The van der Waals surface area contributed by atoms with Crippen LogP contribution >= 0.6 is 0 Å². The Labute approximate surface area is 432 Å². The number of anilines is 1. The fourth-order valence-electron chi connectivity index (χ4n) is 9.89. The number of carbonyl (C=O) groups excluding carboxylic acids is 1. The number of aromatic nitrogens is 1. The smallest absolute Gasteiger partial charge is 0.333 e. The van der Waals surface area contributed by atoms with E-state index in [0.717, 1.165) is 24.3 Å². The minimum Gasteiger partial charge on any atom is -0.492 e.